The third-order valence-corrected chi connectivity index (χ3v) is 9.86. The van der Waals surface area contributed by atoms with E-state index in [1.807, 2.05) is 6.92 Å². The first-order valence-electron chi connectivity index (χ1n) is 11.1. The van der Waals surface area contributed by atoms with Gasteiger partial charge in [-0.3, -0.25) is 9.52 Å². The Morgan fingerprint density at radius 1 is 0.914 bits per heavy atom. The summed E-state index contributed by atoms with van der Waals surface area (Å²) in [6.45, 7) is 2.91. The molecule has 0 saturated carbocycles. The van der Waals surface area contributed by atoms with Gasteiger partial charge < -0.3 is 5.32 Å². The maximum atomic E-state index is 12.8. The Balaban J connectivity index is 1.41. The van der Waals surface area contributed by atoms with Crippen LogP contribution in [0.25, 0.3) is 0 Å². The van der Waals surface area contributed by atoms with Crippen molar-refractivity contribution in [1.82, 2.24) is 14.5 Å². The number of hydrogen-bond acceptors (Lipinski definition) is 8. The number of nitrogens with zero attached hydrogens (tertiary/aromatic N) is 3. The van der Waals surface area contributed by atoms with Crippen LogP contribution in [0.5, 0.6) is 0 Å². The predicted octanol–water partition coefficient (Wildman–Crippen LogP) is 3.33. The van der Waals surface area contributed by atoms with Crippen molar-refractivity contribution in [2.24, 2.45) is 0 Å². The summed E-state index contributed by atoms with van der Waals surface area (Å²) < 4.78 is 54.5. The third-order valence-electron chi connectivity index (χ3n) is 5.48. The normalized spacial score (nSPS) is 15.0. The average Bonchev–Trinajstić information content (AvgIpc) is 3.32. The average molecular weight is 536 g/mol. The standard InChI is InChI=1S/C22H25N5O5S3/c1-2-20-24-25-22(33-20)26-34(29,30)18-12-8-17(9-13-18)23-21(28)16-6-10-19(11-7-16)35(31,32)27-14-4-3-5-15-27/h6-13H,2-5,14-15H2,1H3,(H,23,28)(H,25,26). The molecule has 0 radical (unpaired) electrons. The van der Waals surface area contributed by atoms with Crippen LogP contribution in [0, 0.1) is 0 Å². The van der Waals surface area contributed by atoms with Crippen LogP contribution in [0.1, 0.15) is 41.6 Å². The van der Waals surface area contributed by atoms with Gasteiger partial charge >= 0.3 is 0 Å². The molecule has 0 bridgehead atoms. The molecule has 3 aromatic rings. The fraction of sp³-hybridized carbons (Fsp3) is 0.318. The number of benzene rings is 2. The molecule has 0 aliphatic carbocycles. The molecule has 1 aliphatic heterocycles. The summed E-state index contributed by atoms with van der Waals surface area (Å²) in [5.74, 6) is -0.443. The zero-order chi connectivity index (χ0) is 25.1. The third kappa shape index (κ3) is 5.86. The Morgan fingerprint density at radius 2 is 1.54 bits per heavy atom. The summed E-state index contributed by atoms with van der Waals surface area (Å²) in [4.78, 5) is 12.8. The van der Waals surface area contributed by atoms with Crippen LogP contribution < -0.4 is 10.0 Å². The van der Waals surface area contributed by atoms with E-state index in [2.05, 4.69) is 20.2 Å². The van der Waals surface area contributed by atoms with Crippen LogP contribution in [-0.4, -0.2) is 50.3 Å². The molecule has 1 fully saturated rings. The minimum Gasteiger partial charge on any atom is -0.322 e. The molecule has 35 heavy (non-hydrogen) atoms. The number of hydrogen-bond donors (Lipinski definition) is 2. The summed E-state index contributed by atoms with van der Waals surface area (Å²) in [5, 5.41) is 11.3. The van der Waals surface area contributed by atoms with Crippen LogP contribution >= 0.6 is 11.3 Å². The summed E-state index contributed by atoms with van der Waals surface area (Å²) in [6.07, 6.45) is 3.37. The maximum absolute atomic E-state index is 12.8. The first-order chi connectivity index (χ1) is 16.7. The van der Waals surface area contributed by atoms with Gasteiger partial charge in [-0.2, -0.15) is 4.31 Å². The van der Waals surface area contributed by atoms with Crippen molar-refractivity contribution in [3.8, 4) is 0 Å². The topological polar surface area (TPSA) is 138 Å². The first-order valence-corrected chi connectivity index (χ1v) is 14.8. The lowest BCUT2D eigenvalue weighted by Gasteiger charge is -2.25. The maximum Gasteiger partial charge on any atom is 0.263 e. The number of aromatic nitrogens is 2. The van der Waals surface area contributed by atoms with Crippen LogP contribution in [0.3, 0.4) is 0 Å². The molecule has 1 amide bonds. The lowest BCUT2D eigenvalue weighted by Crippen LogP contribution is -2.35. The first kappa shape index (κ1) is 25.2. The largest absolute Gasteiger partial charge is 0.322 e. The van der Waals surface area contributed by atoms with Crippen molar-refractivity contribution >= 4 is 48.1 Å². The molecule has 13 heteroatoms. The van der Waals surface area contributed by atoms with E-state index in [-0.39, 0.29) is 20.5 Å². The van der Waals surface area contributed by atoms with E-state index in [1.165, 1.54) is 52.8 Å². The molecule has 1 aromatic heterocycles. The van der Waals surface area contributed by atoms with Crippen molar-refractivity contribution < 1.29 is 21.6 Å². The monoisotopic (exact) mass is 535 g/mol. The summed E-state index contributed by atoms with van der Waals surface area (Å²) in [7, 11) is -7.42. The zero-order valence-corrected chi connectivity index (χ0v) is 21.4. The number of aryl methyl sites for hydroxylation is 1. The molecule has 186 valence electrons. The number of rotatable bonds is 8. The number of nitrogens with one attached hydrogen (secondary N) is 2. The van der Waals surface area contributed by atoms with Crippen molar-refractivity contribution in [3.63, 3.8) is 0 Å². The molecular formula is C22H25N5O5S3. The quantitative estimate of drug-likeness (QED) is 0.451. The zero-order valence-electron chi connectivity index (χ0n) is 19.0. The van der Waals surface area contributed by atoms with Gasteiger partial charge in [0.25, 0.3) is 15.9 Å². The van der Waals surface area contributed by atoms with Gasteiger partial charge in [-0.25, -0.2) is 16.8 Å². The van der Waals surface area contributed by atoms with Gasteiger partial charge in [-0.1, -0.05) is 24.7 Å². The lowest BCUT2D eigenvalue weighted by atomic mass is 10.2. The molecule has 0 spiro atoms. The highest BCUT2D eigenvalue weighted by molar-refractivity contribution is 7.93. The molecule has 4 rings (SSSR count). The highest BCUT2D eigenvalue weighted by Gasteiger charge is 2.26. The number of carbonyl (C=O) groups excluding carboxylic acids is 1. The van der Waals surface area contributed by atoms with Crippen molar-refractivity contribution in [3.05, 3.63) is 59.1 Å². The number of sulfonamides is 2. The van der Waals surface area contributed by atoms with E-state index in [0.29, 0.717) is 25.2 Å². The Morgan fingerprint density at radius 3 is 2.14 bits per heavy atom. The van der Waals surface area contributed by atoms with E-state index in [9.17, 15) is 21.6 Å². The number of piperidine rings is 1. The number of carbonyl (C=O) groups is 1. The second-order valence-corrected chi connectivity index (χ2v) is 12.6. The Labute approximate surface area is 208 Å². The van der Waals surface area contributed by atoms with Gasteiger partial charge in [0.1, 0.15) is 5.01 Å². The Bertz CT molecular complexity index is 1400. The van der Waals surface area contributed by atoms with E-state index in [4.69, 9.17) is 0 Å². The van der Waals surface area contributed by atoms with Crippen LogP contribution in [0.4, 0.5) is 10.8 Å². The van der Waals surface area contributed by atoms with E-state index >= 15 is 0 Å². The van der Waals surface area contributed by atoms with Crippen LogP contribution in [0.2, 0.25) is 0 Å². The van der Waals surface area contributed by atoms with Crippen molar-refractivity contribution in [2.45, 2.75) is 42.4 Å². The van der Waals surface area contributed by atoms with E-state index in [0.717, 1.165) is 35.6 Å². The van der Waals surface area contributed by atoms with Gasteiger partial charge in [0.05, 0.1) is 9.79 Å². The predicted molar refractivity (Wildman–Crippen MR) is 134 cm³/mol. The van der Waals surface area contributed by atoms with Crippen LogP contribution in [-0.2, 0) is 26.5 Å². The SMILES string of the molecule is CCc1nnc(NS(=O)(=O)c2ccc(NC(=O)c3ccc(S(=O)(=O)N4CCCCC4)cc3)cc2)s1. The summed E-state index contributed by atoms with van der Waals surface area (Å²) >= 11 is 1.16. The van der Waals surface area contributed by atoms with Gasteiger partial charge in [-0.15, -0.1) is 10.2 Å². The molecule has 2 N–H and O–H groups in total. The minimum absolute atomic E-state index is 0.0102. The second kappa shape index (κ2) is 10.4. The van der Waals surface area contributed by atoms with Crippen LogP contribution in [0.15, 0.2) is 58.3 Å². The number of anilines is 2. The fourth-order valence-electron chi connectivity index (χ4n) is 3.56. The molecular weight excluding hydrogens is 510 g/mol. The Kier molecular flexibility index (Phi) is 7.50. The van der Waals surface area contributed by atoms with Gasteiger partial charge in [-0.05, 0) is 67.8 Å². The second-order valence-electron chi connectivity index (χ2n) is 7.93. The highest BCUT2D eigenvalue weighted by Crippen LogP contribution is 2.23. The molecule has 0 unspecified atom stereocenters. The molecule has 10 nitrogen and oxygen atoms in total. The van der Waals surface area contributed by atoms with Crippen molar-refractivity contribution in [2.75, 3.05) is 23.1 Å². The number of amides is 1. The summed E-state index contributed by atoms with van der Waals surface area (Å²) in [6, 6.07) is 11.5. The van der Waals surface area contributed by atoms with Gasteiger partial charge in [0, 0.05) is 24.3 Å². The van der Waals surface area contributed by atoms with E-state index in [1.54, 1.807) is 0 Å². The Hall–Kier alpha value is -2.87. The van der Waals surface area contributed by atoms with Crippen molar-refractivity contribution in [1.29, 1.82) is 0 Å². The summed E-state index contributed by atoms with van der Waals surface area (Å²) in [5.41, 5.74) is 0.673. The molecule has 1 saturated heterocycles. The lowest BCUT2D eigenvalue weighted by molar-refractivity contribution is 0.102. The minimum atomic E-state index is -3.85. The molecule has 0 atom stereocenters. The van der Waals surface area contributed by atoms with Gasteiger partial charge in [0.2, 0.25) is 15.2 Å². The van der Waals surface area contributed by atoms with E-state index < -0.39 is 26.0 Å². The fourth-order valence-corrected chi connectivity index (χ4v) is 6.99. The molecule has 2 aromatic carbocycles. The smallest absolute Gasteiger partial charge is 0.263 e. The highest BCUT2D eigenvalue weighted by atomic mass is 32.2. The molecule has 2 heterocycles. The molecule has 1 aliphatic rings. The van der Waals surface area contributed by atoms with Gasteiger partial charge in [0.15, 0.2) is 0 Å².